The summed E-state index contributed by atoms with van der Waals surface area (Å²) in [5.41, 5.74) is 1.50. The quantitative estimate of drug-likeness (QED) is 0.472. The summed E-state index contributed by atoms with van der Waals surface area (Å²) in [4.78, 5) is 26.3. The van der Waals surface area contributed by atoms with Gasteiger partial charge in [-0.2, -0.15) is 5.10 Å². The van der Waals surface area contributed by atoms with Gasteiger partial charge >= 0.3 is 0 Å². The molecule has 0 N–H and O–H groups in total. The van der Waals surface area contributed by atoms with Crippen LogP contribution in [0.4, 0.5) is 8.78 Å². The first-order valence-corrected chi connectivity index (χ1v) is 12.9. The van der Waals surface area contributed by atoms with E-state index in [-0.39, 0.29) is 31.7 Å². The van der Waals surface area contributed by atoms with Crippen molar-refractivity contribution in [3.05, 3.63) is 42.1 Å². The molecule has 0 bridgehead atoms. The maximum absolute atomic E-state index is 15.5. The van der Waals surface area contributed by atoms with E-state index in [1.54, 1.807) is 12.4 Å². The second-order valence-electron chi connectivity index (χ2n) is 10.5. The highest BCUT2D eigenvalue weighted by Gasteiger charge is 2.41. The summed E-state index contributed by atoms with van der Waals surface area (Å²) in [6, 6.07) is 3.83. The van der Waals surface area contributed by atoms with Gasteiger partial charge in [-0.15, -0.1) is 0 Å². The Bertz CT molecular complexity index is 1230. The van der Waals surface area contributed by atoms with Gasteiger partial charge in [0.2, 0.25) is 0 Å². The van der Waals surface area contributed by atoms with E-state index in [1.165, 1.54) is 0 Å². The maximum Gasteiger partial charge on any atom is 0.175 e. The van der Waals surface area contributed by atoms with Gasteiger partial charge in [0.25, 0.3) is 0 Å². The molecule has 0 aliphatic carbocycles. The van der Waals surface area contributed by atoms with Crippen molar-refractivity contribution in [2.75, 3.05) is 39.4 Å². The third kappa shape index (κ3) is 5.18. The largest absolute Gasteiger partial charge is 0.303 e. The third-order valence-corrected chi connectivity index (χ3v) is 7.40. The van der Waals surface area contributed by atoms with E-state index >= 15 is 4.39 Å². The highest BCUT2D eigenvalue weighted by atomic mass is 19.1. The number of carbonyl (C=O) groups is 1. The number of ketones is 1. The monoisotopic (exact) mass is 496 g/mol. The maximum atomic E-state index is 15.5. The van der Waals surface area contributed by atoms with E-state index in [4.69, 9.17) is 0 Å². The van der Waals surface area contributed by atoms with Crippen LogP contribution in [0.1, 0.15) is 38.1 Å². The molecule has 0 aromatic carbocycles. The number of halogens is 2. The molecule has 1 saturated heterocycles. The number of rotatable bonds is 8. The van der Waals surface area contributed by atoms with Gasteiger partial charge in [0, 0.05) is 81.1 Å². The van der Waals surface area contributed by atoms with E-state index in [0.717, 1.165) is 47.4 Å². The number of aromatic nitrogens is 4. The molecule has 3 aromatic rings. The number of likely N-dealkylation sites (tertiary alicyclic amines) is 1. The molecule has 2 aliphatic rings. The van der Waals surface area contributed by atoms with E-state index in [9.17, 15) is 9.18 Å². The molecule has 0 spiro atoms. The van der Waals surface area contributed by atoms with Crippen LogP contribution in [0.5, 0.6) is 0 Å². The number of hydrogen-bond acceptors (Lipinski definition) is 6. The summed E-state index contributed by atoms with van der Waals surface area (Å²) in [6.07, 6.45) is 5.74. The molecule has 0 unspecified atom stereocenters. The van der Waals surface area contributed by atoms with Crippen molar-refractivity contribution in [2.45, 2.75) is 51.9 Å². The Balaban J connectivity index is 1.33. The van der Waals surface area contributed by atoms with Crippen LogP contribution >= 0.6 is 0 Å². The van der Waals surface area contributed by atoms with Crippen LogP contribution in [0.3, 0.4) is 0 Å². The second-order valence-corrected chi connectivity index (χ2v) is 10.5. The number of Topliss-reactive ketones (excluding diaryl/α,β-unsaturated/α-hetero) is 1. The minimum absolute atomic E-state index is 0.0182. The summed E-state index contributed by atoms with van der Waals surface area (Å²) in [5.74, 6) is 0.141. The minimum atomic E-state index is -1.78. The number of fused-ring (bicyclic) bond motifs is 2. The van der Waals surface area contributed by atoms with Crippen LogP contribution < -0.4 is 0 Å². The number of pyridine rings is 2. The van der Waals surface area contributed by atoms with Crippen molar-refractivity contribution in [3.63, 3.8) is 0 Å². The van der Waals surface area contributed by atoms with Crippen molar-refractivity contribution in [3.8, 4) is 11.3 Å². The van der Waals surface area contributed by atoms with Gasteiger partial charge in [0.05, 0.1) is 30.6 Å². The first-order valence-electron chi connectivity index (χ1n) is 12.9. The highest BCUT2D eigenvalue weighted by Crippen LogP contribution is 2.31. The molecule has 36 heavy (non-hydrogen) atoms. The SMILES string of the molecule is CC(C)CN1CCC(F)(C(=O)Cc2cc3cc(-c4cnn5c4CN(CCF)CC5)ncc3cn2)CC1. The lowest BCUT2D eigenvalue weighted by atomic mass is 9.86. The number of hydrogen-bond donors (Lipinski definition) is 0. The van der Waals surface area contributed by atoms with Crippen molar-refractivity contribution in [2.24, 2.45) is 5.92 Å². The molecule has 0 atom stereocenters. The summed E-state index contributed by atoms with van der Waals surface area (Å²) < 4.78 is 30.4. The zero-order valence-electron chi connectivity index (χ0n) is 21.1. The standard InChI is InChI=1S/C27H34F2N6O/c1-19(2)17-33-6-3-27(29,4-7-33)26(36)13-22-11-20-12-24(31-15-21(20)14-30-22)23-16-32-35-10-9-34(8-5-28)18-25(23)35/h11-12,14-16,19H,3-10,13,17-18H2,1-2H3. The van der Waals surface area contributed by atoms with Gasteiger partial charge < -0.3 is 4.90 Å². The van der Waals surface area contributed by atoms with Gasteiger partial charge in [-0.3, -0.25) is 24.3 Å². The molecule has 2 aliphatic heterocycles. The summed E-state index contributed by atoms with van der Waals surface area (Å²) >= 11 is 0. The van der Waals surface area contributed by atoms with E-state index in [0.29, 0.717) is 37.8 Å². The lowest BCUT2D eigenvalue weighted by Crippen LogP contribution is -2.47. The Morgan fingerprint density at radius 3 is 2.56 bits per heavy atom. The Morgan fingerprint density at radius 1 is 1.03 bits per heavy atom. The van der Waals surface area contributed by atoms with E-state index in [2.05, 4.69) is 38.7 Å². The normalized spacial score (nSPS) is 18.6. The first-order chi connectivity index (χ1) is 17.3. The summed E-state index contributed by atoms with van der Waals surface area (Å²) in [7, 11) is 0. The van der Waals surface area contributed by atoms with Crippen molar-refractivity contribution in [1.29, 1.82) is 0 Å². The minimum Gasteiger partial charge on any atom is -0.303 e. The van der Waals surface area contributed by atoms with Crippen molar-refractivity contribution in [1.82, 2.24) is 29.5 Å². The van der Waals surface area contributed by atoms with Gasteiger partial charge in [0.15, 0.2) is 11.5 Å². The summed E-state index contributed by atoms with van der Waals surface area (Å²) in [5, 5.41) is 6.25. The zero-order chi connectivity index (χ0) is 25.3. The van der Waals surface area contributed by atoms with Crippen LogP contribution in [-0.4, -0.2) is 80.4 Å². The van der Waals surface area contributed by atoms with Gasteiger partial charge in [-0.05, 0) is 23.4 Å². The zero-order valence-corrected chi connectivity index (χ0v) is 21.1. The molecule has 0 saturated carbocycles. The highest BCUT2D eigenvalue weighted by molar-refractivity contribution is 5.90. The number of piperidine rings is 1. The van der Waals surface area contributed by atoms with Crippen molar-refractivity contribution >= 4 is 16.6 Å². The Hall–Kier alpha value is -2.78. The Morgan fingerprint density at radius 2 is 1.81 bits per heavy atom. The number of alkyl halides is 2. The lowest BCUT2D eigenvalue weighted by molar-refractivity contribution is -0.133. The van der Waals surface area contributed by atoms with Crippen LogP contribution in [0.25, 0.3) is 22.0 Å². The molecule has 5 rings (SSSR count). The van der Waals surface area contributed by atoms with Crippen LogP contribution in [0, 0.1) is 5.92 Å². The third-order valence-electron chi connectivity index (χ3n) is 7.40. The molecule has 9 heteroatoms. The fourth-order valence-corrected chi connectivity index (χ4v) is 5.36. The molecule has 3 aromatic heterocycles. The number of nitrogens with zero attached hydrogens (tertiary/aromatic N) is 6. The predicted octanol–water partition coefficient (Wildman–Crippen LogP) is 3.85. The van der Waals surface area contributed by atoms with E-state index < -0.39 is 5.67 Å². The fourth-order valence-electron chi connectivity index (χ4n) is 5.36. The van der Waals surface area contributed by atoms with Gasteiger partial charge in [-0.25, -0.2) is 8.78 Å². The second kappa shape index (κ2) is 10.3. The molecular formula is C27H34F2N6O. The molecule has 0 radical (unpaired) electrons. The average molecular weight is 497 g/mol. The molecule has 7 nitrogen and oxygen atoms in total. The first kappa shape index (κ1) is 24.9. The molecule has 1 fully saturated rings. The average Bonchev–Trinajstić information content (AvgIpc) is 3.28. The lowest BCUT2D eigenvalue weighted by Gasteiger charge is -2.36. The Labute approximate surface area is 210 Å². The fraction of sp³-hybridized carbons (Fsp3) is 0.556. The Kier molecular flexibility index (Phi) is 7.12. The topological polar surface area (TPSA) is 67.2 Å². The predicted molar refractivity (Wildman–Crippen MR) is 135 cm³/mol. The van der Waals surface area contributed by atoms with Crippen molar-refractivity contribution < 1.29 is 13.6 Å². The van der Waals surface area contributed by atoms with Gasteiger partial charge in [-0.1, -0.05) is 13.8 Å². The van der Waals surface area contributed by atoms with Crippen LogP contribution in [0.15, 0.2) is 30.7 Å². The summed E-state index contributed by atoms with van der Waals surface area (Å²) in [6.45, 7) is 8.61. The smallest absolute Gasteiger partial charge is 0.175 e. The van der Waals surface area contributed by atoms with Crippen LogP contribution in [-0.2, 0) is 24.3 Å². The molecule has 0 amide bonds. The molecule has 192 valence electrons. The molecule has 5 heterocycles. The number of carbonyl (C=O) groups excluding carboxylic acids is 1. The molecular weight excluding hydrogens is 462 g/mol. The van der Waals surface area contributed by atoms with Gasteiger partial charge in [0.1, 0.15) is 6.67 Å². The van der Waals surface area contributed by atoms with E-state index in [1.807, 2.05) is 23.0 Å². The van der Waals surface area contributed by atoms with Crippen LogP contribution in [0.2, 0.25) is 0 Å².